The normalized spacial score (nSPS) is 11.2. The third-order valence-electron chi connectivity index (χ3n) is 3.51. The maximum absolute atomic E-state index is 11.5. The number of H-pyrrole nitrogens is 1. The van der Waals surface area contributed by atoms with Gasteiger partial charge in [0.2, 0.25) is 0 Å². The minimum absolute atomic E-state index is 0.0105. The van der Waals surface area contributed by atoms with E-state index in [4.69, 9.17) is 0 Å². The highest BCUT2D eigenvalue weighted by Crippen LogP contribution is 2.25. The summed E-state index contributed by atoms with van der Waals surface area (Å²) in [5.41, 5.74) is 3.83. The zero-order chi connectivity index (χ0) is 16.4. The largest absolute Gasteiger partial charge is 0.346 e. The van der Waals surface area contributed by atoms with Crippen LogP contribution < -0.4 is 0 Å². The summed E-state index contributed by atoms with van der Waals surface area (Å²) in [6, 6.07) is 5.58. The van der Waals surface area contributed by atoms with Crippen molar-refractivity contribution in [1.82, 2.24) is 15.0 Å². The molecule has 0 fully saturated rings. The summed E-state index contributed by atoms with van der Waals surface area (Å²) < 4.78 is 0. The van der Waals surface area contributed by atoms with Crippen molar-refractivity contribution in [2.45, 2.75) is 13.8 Å². The number of allylic oxidation sites excluding steroid dienone is 1. The molecule has 0 amide bonds. The number of nitrogens with one attached hydrogen (secondary N) is 1. The SMILES string of the molecule is CC(=O)/C=C/c1c[nH]c2ncc(-c3ccnc(C(C)=O)c3)cc12. The van der Waals surface area contributed by atoms with E-state index in [9.17, 15) is 9.59 Å². The van der Waals surface area contributed by atoms with Gasteiger partial charge in [0.15, 0.2) is 11.6 Å². The van der Waals surface area contributed by atoms with Crippen molar-refractivity contribution in [2.24, 2.45) is 0 Å². The molecule has 0 saturated carbocycles. The molecule has 3 rings (SSSR count). The van der Waals surface area contributed by atoms with Gasteiger partial charge in [0.1, 0.15) is 11.3 Å². The van der Waals surface area contributed by atoms with Gasteiger partial charge in [0.05, 0.1) is 0 Å². The first kappa shape index (κ1) is 14.8. The summed E-state index contributed by atoms with van der Waals surface area (Å²) in [6.45, 7) is 3.00. The van der Waals surface area contributed by atoms with E-state index in [1.807, 2.05) is 18.3 Å². The van der Waals surface area contributed by atoms with E-state index < -0.39 is 0 Å². The molecule has 5 heteroatoms. The van der Waals surface area contributed by atoms with Gasteiger partial charge in [-0.2, -0.15) is 0 Å². The number of hydrogen-bond acceptors (Lipinski definition) is 4. The first-order valence-electron chi connectivity index (χ1n) is 7.18. The Morgan fingerprint density at radius 1 is 1.13 bits per heavy atom. The number of rotatable bonds is 4. The zero-order valence-corrected chi connectivity index (χ0v) is 12.8. The molecule has 0 radical (unpaired) electrons. The van der Waals surface area contributed by atoms with Gasteiger partial charge in [-0.15, -0.1) is 0 Å². The molecule has 0 spiro atoms. The van der Waals surface area contributed by atoms with Crippen molar-refractivity contribution in [3.8, 4) is 11.1 Å². The Morgan fingerprint density at radius 3 is 2.70 bits per heavy atom. The van der Waals surface area contributed by atoms with E-state index in [0.717, 1.165) is 27.7 Å². The van der Waals surface area contributed by atoms with Crippen LogP contribution in [0.3, 0.4) is 0 Å². The molecule has 0 bridgehead atoms. The zero-order valence-electron chi connectivity index (χ0n) is 12.8. The highest BCUT2D eigenvalue weighted by Gasteiger charge is 2.08. The summed E-state index contributed by atoms with van der Waals surface area (Å²) in [5, 5.41) is 0.918. The molecule has 0 unspecified atom stereocenters. The Balaban J connectivity index is 2.09. The van der Waals surface area contributed by atoms with Crippen LogP contribution in [0, 0.1) is 0 Å². The van der Waals surface area contributed by atoms with E-state index in [0.29, 0.717) is 5.69 Å². The number of aromatic amines is 1. The topological polar surface area (TPSA) is 75.7 Å². The first-order valence-corrected chi connectivity index (χ1v) is 7.18. The molecule has 3 heterocycles. The van der Waals surface area contributed by atoms with E-state index in [1.54, 1.807) is 24.5 Å². The summed E-state index contributed by atoms with van der Waals surface area (Å²) >= 11 is 0. The molecule has 114 valence electrons. The van der Waals surface area contributed by atoms with Crippen LogP contribution in [0.2, 0.25) is 0 Å². The van der Waals surface area contributed by atoms with E-state index in [-0.39, 0.29) is 11.6 Å². The molecule has 5 nitrogen and oxygen atoms in total. The second-order valence-corrected chi connectivity index (χ2v) is 5.29. The Hall–Kier alpha value is -3.08. The highest BCUT2D eigenvalue weighted by molar-refractivity contribution is 5.97. The lowest BCUT2D eigenvalue weighted by Crippen LogP contribution is -1.96. The summed E-state index contributed by atoms with van der Waals surface area (Å²) in [6.07, 6.45) is 8.46. The lowest BCUT2D eigenvalue weighted by atomic mass is 10.0. The predicted molar refractivity (Wildman–Crippen MR) is 89.0 cm³/mol. The van der Waals surface area contributed by atoms with Gasteiger partial charge in [-0.25, -0.2) is 4.98 Å². The minimum atomic E-state index is -0.0763. The minimum Gasteiger partial charge on any atom is -0.346 e. The fourth-order valence-electron chi connectivity index (χ4n) is 2.33. The Labute approximate surface area is 133 Å². The molecule has 3 aromatic rings. The van der Waals surface area contributed by atoms with Crippen molar-refractivity contribution in [1.29, 1.82) is 0 Å². The van der Waals surface area contributed by atoms with Gasteiger partial charge in [0.25, 0.3) is 0 Å². The van der Waals surface area contributed by atoms with Crippen LogP contribution in [-0.2, 0) is 4.79 Å². The van der Waals surface area contributed by atoms with E-state index in [1.165, 1.54) is 19.9 Å². The van der Waals surface area contributed by atoms with Gasteiger partial charge in [-0.1, -0.05) is 0 Å². The van der Waals surface area contributed by atoms with Crippen molar-refractivity contribution in [2.75, 3.05) is 0 Å². The number of pyridine rings is 2. The molecule has 1 N–H and O–H groups in total. The van der Waals surface area contributed by atoms with Gasteiger partial charge >= 0.3 is 0 Å². The highest BCUT2D eigenvalue weighted by atomic mass is 16.1. The number of nitrogens with zero attached hydrogens (tertiary/aromatic N) is 2. The molecule has 0 aliphatic rings. The average Bonchev–Trinajstić information content (AvgIpc) is 2.95. The van der Waals surface area contributed by atoms with E-state index >= 15 is 0 Å². The smallest absolute Gasteiger partial charge is 0.178 e. The third-order valence-corrected chi connectivity index (χ3v) is 3.51. The standard InChI is InChI=1S/C18H15N3O2/c1-11(22)3-4-14-9-20-18-16(14)7-15(10-21-18)13-5-6-19-17(8-13)12(2)23/h3-10H,1-2H3,(H,20,21)/b4-3+. The molecule has 0 atom stereocenters. The van der Waals surface area contributed by atoms with Gasteiger partial charge in [-0.05, 0) is 42.8 Å². The monoisotopic (exact) mass is 305 g/mol. The van der Waals surface area contributed by atoms with Gasteiger partial charge in [0, 0.05) is 42.0 Å². The van der Waals surface area contributed by atoms with Crippen molar-refractivity contribution < 1.29 is 9.59 Å². The Bertz CT molecular complexity index is 938. The average molecular weight is 305 g/mol. The molecule has 0 aliphatic carbocycles. The maximum atomic E-state index is 11.5. The molecule has 3 aromatic heterocycles. The van der Waals surface area contributed by atoms with Crippen molar-refractivity contribution in [3.63, 3.8) is 0 Å². The number of hydrogen-bond donors (Lipinski definition) is 1. The van der Waals surface area contributed by atoms with Crippen molar-refractivity contribution >= 4 is 28.7 Å². The molecule has 23 heavy (non-hydrogen) atoms. The summed E-state index contributed by atoms with van der Waals surface area (Å²) in [5.74, 6) is -0.0868. The lowest BCUT2D eigenvalue weighted by Gasteiger charge is -2.03. The van der Waals surface area contributed by atoms with Crippen LogP contribution in [0.5, 0.6) is 0 Å². The Morgan fingerprint density at radius 2 is 1.96 bits per heavy atom. The fraction of sp³-hybridized carbons (Fsp3) is 0.111. The quantitative estimate of drug-likeness (QED) is 0.592. The lowest BCUT2D eigenvalue weighted by molar-refractivity contribution is -0.112. The van der Waals surface area contributed by atoms with Crippen LogP contribution in [0.4, 0.5) is 0 Å². The molecule has 0 saturated heterocycles. The number of carbonyl (C=O) groups excluding carboxylic acids is 2. The molecule has 0 aromatic carbocycles. The number of Topliss-reactive ketones (excluding diaryl/α,β-unsaturated/α-hetero) is 1. The number of carbonyl (C=O) groups is 2. The van der Waals surface area contributed by atoms with Crippen LogP contribution in [0.25, 0.3) is 28.2 Å². The van der Waals surface area contributed by atoms with Gasteiger partial charge < -0.3 is 4.98 Å². The van der Waals surface area contributed by atoms with Crippen LogP contribution in [0.15, 0.2) is 42.9 Å². The third kappa shape index (κ3) is 3.08. The van der Waals surface area contributed by atoms with Crippen LogP contribution in [-0.4, -0.2) is 26.5 Å². The fourth-order valence-corrected chi connectivity index (χ4v) is 2.33. The molecular formula is C18H15N3O2. The predicted octanol–water partition coefficient (Wildman–Crippen LogP) is 3.43. The molecule has 0 aliphatic heterocycles. The summed E-state index contributed by atoms with van der Waals surface area (Å²) in [7, 11) is 0. The number of aromatic nitrogens is 3. The summed E-state index contributed by atoms with van der Waals surface area (Å²) in [4.78, 5) is 34.1. The first-order chi connectivity index (χ1) is 11.0. The second-order valence-electron chi connectivity index (χ2n) is 5.29. The molecular weight excluding hydrogens is 290 g/mol. The maximum Gasteiger partial charge on any atom is 0.178 e. The number of ketones is 2. The number of fused-ring (bicyclic) bond motifs is 1. The van der Waals surface area contributed by atoms with Crippen molar-refractivity contribution in [3.05, 3.63) is 54.1 Å². The van der Waals surface area contributed by atoms with Gasteiger partial charge in [-0.3, -0.25) is 14.6 Å². The second kappa shape index (κ2) is 5.96. The van der Waals surface area contributed by atoms with Crippen LogP contribution >= 0.6 is 0 Å². The Kier molecular flexibility index (Phi) is 3.85. The van der Waals surface area contributed by atoms with E-state index in [2.05, 4.69) is 15.0 Å². The van der Waals surface area contributed by atoms with Crippen LogP contribution in [0.1, 0.15) is 29.9 Å².